The highest BCUT2D eigenvalue weighted by Crippen LogP contribution is 2.17. The number of hydrogen-bond acceptors (Lipinski definition) is 3. The quantitative estimate of drug-likeness (QED) is 0.0430. The van der Waals surface area contributed by atoms with E-state index in [1.165, 1.54) is 212 Å². The summed E-state index contributed by atoms with van der Waals surface area (Å²) in [7, 11) is 0. The zero-order chi connectivity index (χ0) is 38.6. The molecule has 53 heavy (non-hydrogen) atoms. The molecule has 0 fully saturated rings. The minimum absolute atomic E-state index is 0.0702. The zero-order valence-electron chi connectivity index (χ0n) is 36.1. The van der Waals surface area contributed by atoms with Crippen molar-refractivity contribution in [1.29, 1.82) is 0 Å². The van der Waals surface area contributed by atoms with E-state index in [0.29, 0.717) is 6.42 Å². The van der Waals surface area contributed by atoms with Crippen LogP contribution in [-0.4, -0.2) is 34.9 Å². The van der Waals surface area contributed by atoms with Gasteiger partial charge >= 0.3 is 0 Å². The summed E-state index contributed by atoms with van der Waals surface area (Å²) in [5.41, 5.74) is 0. The average Bonchev–Trinajstić information content (AvgIpc) is 3.16. The molecule has 0 radical (unpaired) electrons. The number of nitrogens with one attached hydrogen (secondary N) is 1. The fourth-order valence-electron chi connectivity index (χ4n) is 7.49. The van der Waals surface area contributed by atoms with Crippen LogP contribution in [0.2, 0.25) is 0 Å². The number of hydrogen-bond donors (Lipinski definition) is 3. The van der Waals surface area contributed by atoms with Crippen LogP contribution in [0, 0.1) is 0 Å². The Kier molecular flexibility index (Phi) is 44.3. The van der Waals surface area contributed by atoms with Crippen molar-refractivity contribution in [3.05, 3.63) is 24.3 Å². The van der Waals surface area contributed by atoms with Crippen LogP contribution in [0.25, 0.3) is 0 Å². The molecule has 0 aromatic rings. The predicted octanol–water partition coefficient (Wildman–Crippen LogP) is 15.2. The van der Waals surface area contributed by atoms with Crippen molar-refractivity contribution in [2.24, 2.45) is 0 Å². The maximum absolute atomic E-state index is 12.4. The van der Waals surface area contributed by atoms with Crippen molar-refractivity contribution in [3.63, 3.8) is 0 Å². The van der Waals surface area contributed by atoms with E-state index in [2.05, 4.69) is 31.3 Å². The number of carbonyl (C=O) groups excluding carboxylic acids is 1. The van der Waals surface area contributed by atoms with Gasteiger partial charge in [0.2, 0.25) is 5.91 Å². The number of carbonyl (C=O) groups is 1. The smallest absolute Gasteiger partial charge is 0.220 e. The molecule has 0 aliphatic heterocycles. The van der Waals surface area contributed by atoms with Crippen LogP contribution in [-0.2, 0) is 4.79 Å². The van der Waals surface area contributed by atoms with E-state index >= 15 is 0 Å². The Bertz CT molecular complexity index is 765. The van der Waals surface area contributed by atoms with Crippen molar-refractivity contribution in [2.45, 2.75) is 276 Å². The van der Waals surface area contributed by atoms with Gasteiger partial charge in [0.15, 0.2) is 0 Å². The molecule has 3 N–H and O–H groups in total. The van der Waals surface area contributed by atoms with Gasteiger partial charge in [-0.3, -0.25) is 4.79 Å². The zero-order valence-corrected chi connectivity index (χ0v) is 36.1. The molecule has 0 aliphatic carbocycles. The van der Waals surface area contributed by atoms with E-state index in [1.807, 2.05) is 6.08 Å². The molecule has 2 unspecified atom stereocenters. The Morgan fingerprint density at radius 1 is 0.434 bits per heavy atom. The Morgan fingerprint density at radius 3 is 1.09 bits per heavy atom. The van der Waals surface area contributed by atoms with Gasteiger partial charge in [-0.05, 0) is 32.1 Å². The minimum Gasteiger partial charge on any atom is -0.394 e. The monoisotopic (exact) mass is 746 g/mol. The first-order chi connectivity index (χ1) is 26.2. The molecule has 0 spiro atoms. The van der Waals surface area contributed by atoms with Crippen molar-refractivity contribution >= 4 is 5.91 Å². The second-order valence-corrected chi connectivity index (χ2v) is 16.5. The fraction of sp³-hybridized carbons (Fsp3) is 0.898. The second-order valence-electron chi connectivity index (χ2n) is 16.5. The van der Waals surface area contributed by atoms with Gasteiger partial charge < -0.3 is 15.5 Å². The van der Waals surface area contributed by atoms with Crippen LogP contribution in [0.15, 0.2) is 24.3 Å². The van der Waals surface area contributed by atoms with Gasteiger partial charge in [-0.15, -0.1) is 0 Å². The second kappa shape index (κ2) is 45.3. The van der Waals surface area contributed by atoms with Crippen LogP contribution in [0.4, 0.5) is 0 Å². The van der Waals surface area contributed by atoms with E-state index in [1.54, 1.807) is 6.08 Å². The van der Waals surface area contributed by atoms with Gasteiger partial charge in [0.25, 0.3) is 0 Å². The normalized spacial score (nSPS) is 13.1. The molecule has 0 aliphatic rings. The molecule has 0 aromatic heterocycles. The third-order valence-corrected chi connectivity index (χ3v) is 11.2. The molecule has 0 aromatic carbocycles. The van der Waals surface area contributed by atoms with Gasteiger partial charge in [-0.1, -0.05) is 250 Å². The highest BCUT2D eigenvalue weighted by atomic mass is 16.3. The van der Waals surface area contributed by atoms with Crippen molar-refractivity contribution in [1.82, 2.24) is 5.32 Å². The van der Waals surface area contributed by atoms with Gasteiger partial charge in [-0.2, -0.15) is 0 Å². The standard InChI is InChI=1S/C49H95NO3/c1-3-5-7-9-11-13-15-17-18-19-20-21-22-23-24-25-26-27-28-29-30-31-32-33-35-37-39-41-43-45-49(53)50-47(46-51)48(52)44-42-40-38-36-34-16-14-12-10-8-6-4-2/h34,36,42,44,47-48,51-52H,3-33,35,37-41,43,45-46H2,1-2H3,(H,50,53)/b36-34+,44-42+. The Morgan fingerprint density at radius 2 is 0.736 bits per heavy atom. The lowest BCUT2D eigenvalue weighted by atomic mass is 10.0. The predicted molar refractivity (Wildman–Crippen MR) is 235 cm³/mol. The Labute approximate surface area is 332 Å². The largest absolute Gasteiger partial charge is 0.394 e. The fourth-order valence-corrected chi connectivity index (χ4v) is 7.49. The molecule has 314 valence electrons. The summed E-state index contributed by atoms with van der Waals surface area (Å²) >= 11 is 0. The number of rotatable bonds is 44. The van der Waals surface area contributed by atoms with Gasteiger partial charge in [0, 0.05) is 6.42 Å². The molecule has 0 bridgehead atoms. The lowest BCUT2D eigenvalue weighted by Crippen LogP contribution is -2.45. The number of aliphatic hydroxyl groups excluding tert-OH is 2. The highest BCUT2D eigenvalue weighted by Gasteiger charge is 2.17. The molecule has 0 heterocycles. The van der Waals surface area contributed by atoms with E-state index in [0.717, 1.165) is 32.1 Å². The topological polar surface area (TPSA) is 69.6 Å². The summed E-state index contributed by atoms with van der Waals surface area (Å²) in [5, 5.41) is 22.9. The van der Waals surface area contributed by atoms with Crippen LogP contribution in [0.3, 0.4) is 0 Å². The Hall–Kier alpha value is -1.13. The summed E-state index contributed by atoms with van der Waals surface area (Å²) in [6.45, 7) is 4.30. The molecule has 0 rings (SSSR count). The van der Waals surface area contributed by atoms with E-state index in [9.17, 15) is 15.0 Å². The SMILES string of the molecule is CCCCCCCC/C=C/CC/C=C/C(O)C(CO)NC(=O)CCCCCCCCCCCCCCCCCCCCCCCCCCCCCCC. The third-order valence-electron chi connectivity index (χ3n) is 11.2. The lowest BCUT2D eigenvalue weighted by molar-refractivity contribution is -0.123. The number of aliphatic hydroxyl groups is 2. The number of allylic oxidation sites excluding steroid dienone is 3. The van der Waals surface area contributed by atoms with Gasteiger partial charge in [0.05, 0.1) is 18.8 Å². The molecule has 4 nitrogen and oxygen atoms in total. The molecule has 2 atom stereocenters. The third kappa shape index (κ3) is 41.9. The van der Waals surface area contributed by atoms with E-state index < -0.39 is 12.1 Å². The summed E-state index contributed by atoms with van der Waals surface area (Å²) in [5.74, 6) is -0.0702. The Balaban J connectivity index is 3.43. The van der Waals surface area contributed by atoms with Crippen LogP contribution >= 0.6 is 0 Å². The summed E-state index contributed by atoms with van der Waals surface area (Å²) in [4.78, 5) is 12.4. The van der Waals surface area contributed by atoms with E-state index in [-0.39, 0.29) is 12.5 Å². The molecule has 4 heteroatoms. The molecular weight excluding hydrogens is 651 g/mol. The summed E-state index contributed by atoms with van der Waals surface area (Å²) in [6.07, 6.45) is 58.9. The molecule has 0 saturated heterocycles. The van der Waals surface area contributed by atoms with Crippen molar-refractivity contribution in [2.75, 3.05) is 6.61 Å². The van der Waals surface area contributed by atoms with Gasteiger partial charge in [-0.25, -0.2) is 0 Å². The van der Waals surface area contributed by atoms with E-state index in [4.69, 9.17) is 0 Å². The maximum atomic E-state index is 12.4. The first-order valence-corrected chi connectivity index (χ1v) is 24.1. The van der Waals surface area contributed by atoms with Crippen molar-refractivity contribution in [3.8, 4) is 0 Å². The maximum Gasteiger partial charge on any atom is 0.220 e. The first kappa shape index (κ1) is 51.9. The highest BCUT2D eigenvalue weighted by molar-refractivity contribution is 5.76. The van der Waals surface area contributed by atoms with Crippen LogP contribution in [0.1, 0.15) is 264 Å². The minimum atomic E-state index is -0.857. The van der Waals surface area contributed by atoms with Crippen LogP contribution in [0.5, 0.6) is 0 Å². The van der Waals surface area contributed by atoms with Crippen molar-refractivity contribution < 1.29 is 15.0 Å². The molecular formula is C49H95NO3. The first-order valence-electron chi connectivity index (χ1n) is 24.1. The average molecular weight is 746 g/mol. The van der Waals surface area contributed by atoms with Gasteiger partial charge in [0.1, 0.15) is 0 Å². The molecule has 0 saturated carbocycles. The van der Waals surface area contributed by atoms with Crippen LogP contribution < -0.4 is 5.32 Å². The number of amides is 1. The summed E-state index contributed by atoms with van der Waals surface area (Å²) < 4.78 is 0. The summed E-state index contributed by atoms with van der Waals surface area (Å²) in [6, 6.07) is -0.634. The molecule has 1 amide bonds. The lowest BCUT2D eigenvalue weighted by Gasteiger charge is -2.19. The number of unbranched alkanes of at least 4 members (excludes halogenated alkanes) is 35.